The zero-order valence-electron chi connectivity index (χ0n) is 7.05. The van der Waals surface area contributed by atoms with E-state index < -0.39 is 0 Å². The molecule has 70 valence electrons. The molecule has 2 N–H and O–H groups in total. The zero-order valence-corrected chi connectivity index (χ0v) is 7.05. The highest BCUT2D eigenvalue weighted by atomic mass is 19.1. The van der Waals surface area contributed by atoms with Crippen LogP contribution in [0.25, 0.3) is 0 Å². The number of rotatable bonds is 2. The van der Waals surface area contributed by atoms with Gasteiger partial charge in [-0.3, -0.25) is 0 Å². The lowest BCUT2D eigenvalue weighted by atomic mass is 10.1. The third kappa shape index (κ3) is 1.45. The zero-order chi connectivity index (χ0) is 9.26. The van der Waals surface area contributed by atoms with Crippen LogP contribution in [0.3, 0.4) is 0 Å². The van der Waals surface area contributed by atoms with Gasteiger partial charge in [0.2, 0.25) is 12.5 Å². The summed E-state index contributed by atoms with van der Waals surface area (Å²) in [6, 6.07) is 3.19. The Morgan fingerprint density at radius 1 is 1.38 bits per heavy atom. The predicted molar refractivity (Wildman–Crippen MR) is 45.3 cm³/mol. The smallest absolute Gasteiger partial charge is 0.231 e. The van der Waals surface area contributed by atoms with Gasteiger partial charge in [0.05, 0.1) is 0 Å². The molecule has 0 radical (unpaired) electrons. The maximum atomic E-state index is 13.2. The molecule has 0 bridgehead atoms. The van der Waals surface area contributed by atoms with E-state index in [9.17, 15) is 4.39 Å². The standard InChI is InChI=1S/C9H10FNO2/c10-7-3-6(1-2-11)4-8-9(7)13-5-12-8/h3-4H,1-2,5,11H2. The second-order valence-corrected chi connectivity index (χ2v) is 2.85. The van der Waals surface area contributed by atoms with Crippen LogP contribution in [0.4, 0.5) is 4.39 Å². The van der Waals surface area contributed by atoms with Gasteiger partial charge in [-0.25, -0.2) is 4.39 Å². The monoisotopic (exact) mass is 183 g/mol. The molecule has 4 heteroatoms. The van der Waals surface area contributed by atoms with Crippen molar-refractivity contribution >= 4 is 0 Å². The predicted octanol–water partition coefficient (Wildman–Crippen LogP) is 1.06. The van der Waals surface area contributed by atoms with E-state index in [1.165, 1.54) is 6.07 Å². The summed E-state index contributed by atoms with van der Waals surface area (Å²) in [5, 5.41) is 0. The molecule has 1 aromatic rings. The van der Waals surface area contributed by atoms with Gasteiger partial charge in [-0.1, -0.05) is 0 Å². The van der Waals surface area contributed by atoms with Gasteiger partial charge in [0.25, 0.3) is 0 Å². The number of ether oxygens (including phenoxy) is 2. The van der Waals surface area contributed by atoms with E-state index in [4.69, 9.17) is 15.2 Å². The van der Waals surface area contributed by atoms with Gasteiger partial charge >= 0.3 is 0 Å². The fourth-order valence-corrected chi connectivity index (χ4v) is 1.33. The van der Waals surface area contributed by atoms with Gasteiger partial charge < -0.3 is 15.2 Å². The summed E-state index contributed by atoms with van der Waals surface area (Å²) < 4.78 is 23.2. The highest BCUT2D eigenvalue weighted by molar-refractivity contribution is 5.45. The Bertz CT molecular complexity index is 328. The molecular formula is C9H10FNO2. The quantitative estimate of drug-likeness (QED) is 0.745. The lowest BCUT2D eigenvalue weighted by Gasteiger charge is -2.02. The van der Waals surface area contributed by atoms with E-state index in [-0.39, 0.29) is 18.4 Å². The first kappa shape index (κ1) is 8.31. The average Bonchev–Trinajstić information content (AvgIpc) is 2.53. The lowest BCUT2D eigenvalue weighted by Crippen LogP contribution is -2.02. The fraction of sp³-hybridized carbons (Fsp3) is 0.333. The van der Waals surface area contributed by atoms with Crippen LogP contribution in [0.2, 0.25) is 0 Å². The summed E-state index contributed by atoms with van der Waals surface area (Å²) in [5.41, 5.74) is 6.20. The van der Waals surface area contributed by atoms with Crippen LogP contribution in [-0.4, -0.2) is 13.3 Å². The normalized spacial score (nSPS) is 13.4. The molecule has 1 aliphatic heterocycles. The molecule has 0 fully saturated rings. The van der Waals surface area contributed by atoms with Crippen LogP contribution < -0.4 is 15.2 Å². The number of fused-ring (bicyclic) bond motifs is 1. The van der Waals surface area contributed by atoms with Gasteiger partial charge in [0, 0.05) is 0 Å². The second kappa shape index (κ2) is 3.22. The van der Waals surface area contributed by atoms with Crippen molar-refractivity contribution in [3.8, 4) is 11.5 Å². The van der Waals surface area contributed by atoms with E-state index in [0.29, 0.717) is 18.7 Å². The Hall–Kier alpha value is -1.29. The molecule has 0 spiro atoms. The highest BCUT2D eigenvalue weighted by Crippen LogP contribution is 2.35. The van der Waals surface area contributed by atoms with Crippen LogP contribution in [0, 0.1) is 5.82 Å². The number of nitrogens with two attached hydrogens (primary N) is 1. The average molecular weight is 183 g/mol. The minimum atomic E-state index is -0.376. The number of halogens is 1. The molecule has 0 unspecified atom stereocenters. The van der Waals surface area contributed by atoms with Crippen molar-refractivity contribution in [1.29, 1.82) is 0 Å². The summed E-state index contributed by atoms with van der Waals surface area (Å²) in [4.78, 5) is 0. The molecule has 0 amide bonds. The van der Waals surface area contributed by atoms with E-state index in [1.54, 1.807) is 6.07 Å². The molecule has 1 heterocycles. The summed E-state index contributed by atoms with van der Waals surface area (Å²) in [6.07, 6.45) is 0.646. The Morgan fingerprint density at radius 2 is 2.23 bits per heavy atom. The first-order valence-corrected chi connectivity index (χ1v) is 4.09. The molecule has 3 nitrogen and oxygen atoms in total. The Balaban J connectivity index is 2.37. The first-order valence-electron chi connectivity index (χ1n) is 4.09. The Labute approximate surface area is 75.3 Å². The largest absolute Gasteiger partial charge is 0.453 e. The van der Waals surface area contributed by atoms with Crippen LogP contribution in [0.1, 0.15) is 5.56 Å². The molecule has 0 atom stereocenters. The van der Waals surface area contributed by atoms with Crippen molar-refractivity contribution in [3.63, 3.8) is 0 Å². The molecule has 0 aromatic heterocycles. The Kier molecular flexibility index (Phi) is 2.06. The van der Waals surface area contributed by atoms with E-state index in [1.807, 2.05) is 0 Å². The van der Waals surface area contributed by atoms with E-state index in [0.717, 1.165) is 5.56 Å². The molecule has 1 aromatic carbocycles. The maximum absolute atomic E-state index is 13.2. The molecule has 2 rings (SSSR count). The van der Waals surface area contributed by atoms with E-state index in [2.05, 4.69) is 0 Å². The highest BCUT2D eigenvalue weighted by Gasteiger charge is 2.18. The van der Waals surface area contributed by atoms with Crippen LogP contribution in [-0.2, 0) is 6.42 Å². The summed E-state index contributed by atoms with van der Waals surface area (Å²) in [5.74, 6) is 0.308. The van der Waals surface area contributed by atoms with Crippen molar-refractivity contribution in [2.24, 2.45) is 5.73 Å². The molecule has 0 saturated carbocycles. The van der Waals surface area contributed by atoms with Crippen LogP contribution in [0.15, 0.2) is 12.1 Å². The van der Waals surface area contributed by atoms with Gasteiger partial charge in [-0.05, 0) is 30.7 Å². The molecule has 13 heavy (non-hydrogen) atoms. The SMILES string of the molecule is NCCc1cc(F)c2c(c1)OCO2. The summed E-state index contributed by atoms with van der Waals surface area (Å²) in [7, 11) is 0. The molecule has 0 aliphatic carbocycles. The van der Waals surface area contributed by atoms with Crippen molar-refractivity contribution in [1.82, 2.24) is 0 Å². The van der Waals surface area contributed by atoms with Crippen molar-refractivity contribution < 1.29 is 13.9 Å². The molecule has 0 saturated heterocycles. The van der Waals surface area contributed by atoms with Crippen molar-refractivity contribution in [2.45, 2.75) is 6.42 Å². The van der Waals surface area contributed by atoms with Gasteiger partial charge in [0.15, 0.2) is 11.6 Å². The number of benzene rings is 1. The fourth-order valence-electron chi connectivity index (χ4n) is 1.33. The second-order valence-electron chi connectivity index (χ2n) is 2.85. The minimum Gasteiger partial charge on any atom is -0.453 e. The van der Waals surface area contributed by atoms with Gasteiger partial charge in [-0.2, -0.15) is 0 Å². The third-order valence-electron chi connectivity index (χ3n) is 1.92. The maximum Gasteiger partial charge on any atom is 0.231 e. The van der Waals surface area contributed by atoms with Crippen LogP contribution in [0.5, 0.6) is 11.5 Å². The van der Waals surface area contributed by atoms with Crippen LogP contribution >= 0.6 is 0 Å². The van der Waals surface area contributed by atoms with Gasteiger partial charge in [0.1, 0.15) is 0 Å². The van der Waals surface area contributed by atoms with Crippen molar-refractivity contribution in [3.05, 3.63) is 23.5 Å². The lowest BCUT2D eigenvalue weighted by molar-refractivity contribution is 0.171. The van der Waals surface area contributed by atoms with E-state index >= 15 is 0 Å². The number of hydrogen-bond donors (Lipinski definition) is 1. The molecular weight excluding hydrogens is 173 g/mol. The summed E-state index contributed by atoms with van der Waals surface area (Å²) >= 11 is 0. The molecule has 1 aliphatic rings. The van der Waals surface area contributed by atoms with Gasteiger partial charge in [-0.15, -0.1) is 0 Å². The topological polar surface area (TPSA) is 44.5 Å². The minimum absolute atomic E-state index is 0.0956. The first-order chi connectivity index (χ1) is 6.31. The Morgan fingerprint density at radius 3 is 3.00 bits per heavy atom. The summed E-state index contributed by atoms with van der Waals surface area (Å²) in [6.45, 7) is 0.595. The number of hydrogen-bond acceptors (Lipinski definition) is 3. The third-order valence-corrected chi connectivity index (χ3v) is 1.92. The van der Waals surface area contributed by atoms with Crippen molar-refractivity contribution in [2.75, 3.05) is 13.3 Å².